The second-order valence-corrected chi connectivity index (χ2v) is 8.95. The van der Waals surface area contributed by atoms with Crippen LogP contribution >= 0.6 is 0 Å². The topological polar surface area (TPSA) is 110 Å². The van der Waals surface area contributed by atoms with Gasteiger partial charge in [0.1, 0.15) is 18.2 Å². The number of aromatic nitrogens is 5. The average Bonchev–Trinajstić information content (AvgIpc) is 2.89. The molecule has 0 saturated carbocycles. The molecule has 1 saturated heterocycles. The smallest absolute Gasteiger partial charge is 0.154 e. The highest BCUT2D eigenvalue weighted by Crippen LogP contribution is 2.24. The van der Waals surface area contributed by atoms with Gasteiger partial charge in [-0.15, -0.1) is 5.10 Å². The number of nitrogens with one attached hydrogen (secondary N) is 2. The summed E-state index contributed by atoms with van der Waals surface area (Å²) >= 11 is 0. The van der Waals surface area contributed by atoms with Crippen LogP contribution in [0.5, 0.6) is 5.75 Å². The average molecular weight is 487 g/mol. The molecule has 1 aliphatic rings. The Hall–Kier alpha value is -3.89. The van der Waals surface area contributed by atoms with Crippen LogP contribution in [-0.4, -0.2) is 69.5 Å². The standard InChI is InChI=1S/C26H30N8O2/c1-18(2)19-11-26(33-29-14-19)32-25-4-3-23-24(31-25)13-21(16-28-23)30-20-12-22(17-27-15-20)36-10-7-34-5-8-35-9-6-34/h3-4,11-18,30H,5-10H2,1-2H3,(H,31,32,33). The van der Waals surface area contributed by atoms with E-state index in [-0.39, 0.29) is 0 Å². The van der Waals surface area contributed by atoms with Crippen LogP contribution in [-0.2, 0) is 4.74 Å². The van der Waals surface area contributed by atoms with Crippen molar-refractivity contribution < 1.29 is 9.47 Å². The molecular formula is C26H30N8O2. The molecule has 0 spiro atoms. The van der Waals surface area contributed by atoms with Crippen LogP contribution in [0.1, 0.15) is 25.3 Å². The van der Waals surface area contributed by atoms with Crippen molar-refractivity contribution in [1.82, 2.24) is 30.0 Å². The molecule has 1 fully saturated rings. The summed E-state index contributed by atoms with van der Waals surface area (Å²) in [7, 11) is 0. The lowest BCUT2D eigenvalue weighted by molar-refractivity contribution is 0.0322. The van der Waals surface area contributed by atoms with Gasteiger partial charge >= 0.3 is 0 Å². The molecule has 0 amide bonds. The highest BCUT2D eigenvalue weighted by atomic mass is 16.5. The molecule has 0 aliphatic carbocycles. The molecule has 2 N–H and O–H groups in total. The van der Waals surface area contributed by atoms with Gasteiger partial charge < -0.3 is 20.1 Å². The van der Waals surface area contributed by atoms with E-state index in [1.807, 2.05) is 30.3 Å². The molecular weight excluding hydrogens is 456 g/mol. The zero-order chi connectivity index (χ0) is 24.7. The summed E-state index contributed by atoms with van der Waals surface area (Å²) in [6.07, 6.45) is 7.04. The summed E-state index contributed by atoms with van der Waals surface area (Å²) in [5.74, 6) is 2.42. The Labute approximate surface area is 210 Å². The first-order chi connectivity index (χ1) is 17.6. The van der Waals surface area contributed by atoms with Gasteiger partial charge in [-0.05, 0) is 35.7 Å². The van der Waals surface area contributed by atoms with Crippen LogP contribution in [0.4, 0.5) is 23.0 Å². The molecule has 36 heavy (non-hydrogen) atoms. The van der Waals surface area contributed by atoms with Gasteiger partial charge in [0, 0.05) is 25.7 Å². The zero-order valence-electron chi connectivity index (χ0n) is 20.5. The van der Waals surface area contributed by atoms with Crippen molar-refractivity contribution in [3.63, 3.8) is 0 Å². The second kappa shape index (κ2) is 11.2. The number of nitrogens with zero attached hydrogens (tertiary/aromatic N) is 6. The van der Waals surface area contributed by atoms with Crippen molar-refractivity contribution in [2.24, 2.45) is 0 Å². The molecule has 0 aromatic carbocycles. The quantitative estimate of drug-likeness (QED) is 0.358. The molecule has 4 aromatic heterocycles. The number of rotatable bonds is 9. The fraction of sp³-hybridized carbons (Fsp3) is 0.346. The maximum atomic E-state index is 5.92. The SMILES string of the molecule is CC(C)c1cnnc(Nc2ccc3ncc(Nc4cncc(OCCN5CCOCC5)c4)cc3n2)c1. The number of hydrogen-bond acceptors (Lipinski definition) is 10. The van der Waals surface area contributed by atoms with Crippen LogP contribution in [0, 0.1) is 0 Å². The van der Waals surface area contributed by atoms with E-state index in [0.29, 0.717) is 24.2 Å². The van der Waals surface area contributed by atoms with E-state index in [4.69, 9.17) is 14.5 Å². The van der Waals surface area contributed by atoms with E-state index in [2.05, 4.69) is 49.5 Å². The van der Waals surface area contributed by atoms with Crippen LogP contribution in [0.15, 0.2) is 55.1 Å². The third kappa shape index (κ3) is 6.21. The van der Waals surface area contributed by atoms with Gasteiger partial charge in [0.25, 0.3) is 0 Å². The van der Waals surface area contributed by atoms with Crippen LogP contribution in [0.25, 0.3) is 11.0 Å². The maximum Gasteiger partial charge on any atom is 0.154 e. The Morgan fingerprint density at radius 2 is 1.81 bits per heavy atom. The van der Waals surface area contributed by atoms with E-state index in [1.165, 1.54) is 0 Å². The predicted octanol–water partition coefficient (Wildman–Crippen LogP) is 4.14. The number of ether oxygens (including phenoxy) is 2. The predicted molar refractivity (Wildman–Crippen MR) is 139 cm³/mol. The van der Waals surface area contributed by atoms with Gasteiger partial charge in [-0.25, -0.2) is 4.98 Å². The molecule has 10 nitrogen and oxygen atoms in total. The van der Waals surface area contributed by atoms with Gasteiger partial charge in [-0.3, -0.25) is 14.9 Å². The Kier molecular flexibility index (Phi) is 7.44. The molecule has 0 radical (unpaired) electrons. The Balaban J connectivity index is 1.24. The number of fused-ring (bicyclic) bond motifs is 1. The Morgan fingerprint density at radius 1 is 0.944 bits per heavy atom. The van der Waals surface area contributed by atoms with Crippen LogP contribution in [0.2, 0.25) is 0 Å². The van der Waals surface area contributed by atoms with Crippen LogP contribution < -0.4 is 15.4 Å². The van der Waals surface area contributed by atoms with Crippen molar-refractivity contribution in [1.29, 1.82) is 0 Å². The molecule has 10 heteroatoms. The van der Waals surface area contributed by atoms with Crippen molar-refractivity contribution in [3.8, 4) is 5.75 Å². The van der Waals surface area contributed by atoms with Crippen molar-refractivity contribution in [2.75, 3.05) is 50.1 Å². The van der Waals surface area contributed by atoms with Crippen molar-refractivity contribution in [3.05, 3.63) is 60.7 Å². The van der Waals surface area contributed by atoms with E-state index >= 15 is 0 Å². The normalized spacial score (nSPS) is 14.2. The van der Waals surface area contributed by atoms with Gasteiger partial charge in [0.05, 0.1) is 60.4 Å². The monoisotopic (exact) mass is 486 g/mol. The molecule has 4 aromatic rings. The number of hydrogen-bond donors (Lipinski definition) is 2. The van der Waals surface area contributed by atoms with Gasteiger partial charge in [-0.1, -0.05) is 13.8 Å². The van der Waals surface area contributed by atoms with Gasteiger partial charge in [0.15, 0.2) is 5.82 Å². The first-order valence-corrected chi connectivity index (χ1v) is 12.1. The third-order valence-corrected chi connectivity index (χ3v) is 5.92. The molecule has 0 unspecified atom stereocenters. The summed E-state index contributed by atoms with van der Waals surface area (Å²) < 4.78 is 11.3. The number of pyridine rings is 3. The van der Waals surface area contributed by atoms with Crippen molar-refractivity contribution in [2.45, 2.75) is 19.8 Å². The Bertz CT molecular complexity index is 1310. The third-order valence-electron chi connectivity index (χ3n) is 5.92. The van der Waals surface area contributed by atoms with Gasteiger partial charge in [-0.2, -0.15) is 5.10 Å². The minimum Gasteiger partial charge on any atom is -0.491 e. The second-order valence-electron chi connectivity index (χ2n) is 8.95. The fourth-order valence-corrected chi connectivity index (χ4v) is 3.88. The number of morpholine rings is 1. The lowest BCUT2D eigenvalue weighted by atomic mass is 10.1. The lowest BCUT2D eigenvalue weighted by Crippen LogP contribution is -2.38. The molecule has 5 rings (SSSR count). The Morgan fingerprint density at radius 3 is 2.67 bits per heavy atom. The first-order valence-electron chi connectivity index (χ1n) is 12.1. The van der Waals surface area contributed by atoms with Crippen LogP contribution in [0.3, 0.4) is 0 Å². The van der Waals surface area contributed by atoms with E-state index < -0.39 is 0 Å². The summed E-state index contributed by atoms with van der Waals surface area (Å²) in [6, 6.07) is 9.69. The first kappa shape index (κ1) is 23.8. The molecule has 5 heterocycles. The minimum atomic E-state index is 0.367. The summed E-state index contributed by atoms with van der Waals surface area (Å²) in [4.78, 5) is 15.9. The summed E-state index contributed by atoms with van der Waals surface area (Å²) in [5, 5.41) is 14.9. The molecule has 0 bridgehead atoms. The summed E-state index contributed by atoms with van der Waals surface area (Å²) in [6.45, 7) is 9.18. The highest BCUT2D eigenvalue weighted by molar-refractivity contribution is 5.81. The largest absolute Gasteiger partial charge is 0.491 e. The molecule has 186 valence electrons. The highest BCUT2D eigenvalue weighted by Gasteiger charge is 2.10. The van der Waals surface area contributed by atoms with E-state index in [1.54, 1.807) is 24.8 Å². The van der Waals surface area contributed by atoms with E-state index in [0.717, 1.165) is 66.6 Å². The molecule has 1 aliphatic heterocycles. The fourth-order valence-electron chi connectivity index (χ4n) is 3.88. The minimum absolute atomic E-state index is 0.367. The maximum absolute atomic E-state index is 5.92. The van der Waals surface area contributed by atoms with E-state index in [9.17, 15) is 0 Å². The zero-order valence-corrected chi connectivity index (χ0v) is 20.5. The van der Waals surface area contributed by atoms with Crippen molar-refractivity contribution >= 4 is 34.0 Å². The van der Waals surface area contributed by atoms with Gasteiger partial charge in [0.2, 0.25) is 0 Å². The lowest BCUT2D eigenvalue weighted by Gasteiger charge is -2.26. The number of anilines is 4. The summed E-state index contributed by atoms with van der Waals surface area (Å²) in [5.41, 5.74) is 4.29. The molecule has 0 atom stereocenters.